The molecule has 0 atom stereocenters. The lowest BCUT2D eigenvalue weighted by Gasteiger charge is -2.41. The van der Waals surface area contributed by atoms with Gasteiger partial charge in [-0.3, -0.25) is 4.90 Å². The lowest BCUT2D eigenvalue weighted by atomic mass is 9.93. The molecule has 2 rings (SSSR count). The number of hydrogen-bond donors (Lipinski definition) is 1. The maximum atomic E-state index is 12.5. The van der Waals surface area contributed by atoms with Gasteiger partial charge in [0.05, 0.1) is 0 Å². The molecule has 1 saturated heterocycles. The van der Waals surface area contributed by atoms with E-state index in [-0.39, 0.29) is 13.1 Å². The van der Waals surface area contributed by atoms with Crippen molar-refractivity contribution in [3.05, 3.63) is 0 Å². The molecule has 1 saturated carbocycles. The molecule has 0 aromatic rings. The van der Waals surface area contributed by atoms with Gasteiger partial charge in [0.25, 0.3) is 0 Å². The van der Waals surface area contributed by atoms with E-state index < -0.39 is 6.30 Å². The third kappa shape index (κ3) is 3.51. The average molecular weight is 268 g/mol. The molecule has 1 heterocycles. The molecule has 2 aliphatic rings. The van der Waals surface area contributed by atoms with Crippen LogP contribution in [0.15, 0.2) is 0 Å². The molecular formula is C11H19F3N2S. The summed E-state index contributed by atoms with van der Waals surface area (Å²) in [6.07, 6.45) is 0.190. The Morgan fingerprint density at radius 3 is 1.88 bits per heavy atom. The Balaban J connectivity index is 1.79. The molecule has 0 amide bonds. The molecule has 6 heteroatoms. The van der Waals surface area contributed by atoms with Crippen molar-refractivity contribution in [2.45, 2.75) is 43.3 Å². The fraction of sp³-hybridized carbons (Fsp3) is 1.00. The fourth-order valence-corrected chi connectivity index (χ4v) is 3.06. The topological polar surface area (TPSA) is 6.48 Å². The van der Waals surface area contributed by atoms with Crippen LogP contribution in [-0.4, -0.2) is 53.6 Å². The van der Waals surface area contributed by atoms with Gasteiger partial charge in [0.1, 0.15) is 0 Å². The third-order valence-corrected chi connectivity index (χ3v) is 4.37. The predicted octanol–water partition coefficient (Wildman–Crippen LogP) is 2.36. The Morgan fingerprint density at radius 2 is 1.41 bits per heavy atom. The molecule has 2 nitrogen and oxygen atoms in total. The van der Waals surface area contributed by atoms with Gasteiger partial charge in [-0.2, -0.15) is 25.8 Å². The number of piperazine rings is 1. The molecule has 1 aliphatic carbocycles. The molecule has 0 N–H and O–H groups in total. The highest BCUT2D eigenvalue weighted by molar-refractivity contribution is 7.80. The van der Waals surface area contributed by atoms with Crippen molar-refractivity contribution in [3.8, 4) is 0 Å². The van der Waals surface area contributed by atoms with Crippen molar-refractivity contribution in [1.29, 1.82) is 0 Å². The van der Waals surface area contributed by atoms with E-state index in [1.165, 1.54) is 0 Å². The van der Waals surface area contributed by atoms with Crippen molar-refractivity contribution in [2.75, 3.05) is 26.2 Å². The monoisotopic (exact) mass is 268 g/mol. The van der Waals surface area contributed by atoms with E-state index in [9.17, 15) is 13.2 Å². The van der Waals surface area contributed by atoms with Crippen LogP contribution in [0.4, 0.5) is 13.2 Å². The van der Waals surface area contributed by atoms with Crippen molar-refractivity contribution in [3.63, 3.8) is 0 Å². The van der Waals surface area contributed by atoms with E-state index in [1.54, 1.807) is 0 Å². The van der Waals surface area contributed by atoms with Crippen LogP contribution in [0, 0.1) is 0 Å². The van der Waals surface area contributed by atoms with Crippen LogP contribution in [-0.2, 0) is 0 Å². The number of rotatable bonds is 1. The first-order valence-electron chi connectivity index (χ1n) is 6.20. The zero-order valence-electron chi connectivity index (χ0n) is 9.79. The lowest BCUT2D eigenvalue weighted by Crippen LogP contribution is -2.54. The van der Waals surface area contributed by atoms with Gasteiger partial charge in [0.15, 0.2) is 0 Å². The summed E-state index contributed by atoms with van der Waals surface area (Å²) in [7, 11) is 0. The summed E-state index contributed by atoms with van der Waals surface area (Å²) in [5.74, 6) is 0. The van der Waals surface area contributed by atoms with Gasteiger partial charge in [-0.25, -0.2) is 4.90 Å². The first-order valence-corrected chi connectivity index (χ1v) is 6.72. The predicted molar refractivity (Wildman–Crippen MR) is 64.2 cm³/mol. The summed E-state index contributed by atoms with van der Waals surface area (Å²) in [5.41, 5.74) is 0. The van der Waals surface area contributed by atoms with E-state index in [2.05, 4.69) is 17.5 Å². The van der Waals surface area contributed by atoms with Gasteiger partial charge in [0.2, 0.25) is 0 Å². The smallest absolute Gasteiger partial charge is 0.298 e. The summed E-state index contributed by atoms with van der Waals surface area (Å²) >= 11 is 4.44. The highest BCUT2D eigenvalue weighted by atomic mass is 32.1. The molecule has 0 unspecified atom stereocenters. The molecule has 0 spiro atoms. The minimum Gasteiger partial charge on any atom is -0.298 e. The second-order valence-corrected chi connectivity index (χ2v) is 5.68. The van der Waals surface area contributed by atoms with Crippen molar-refractivity contribution in [2.24, 2.45) is 0 Å². The van der Waals surface area contributed by atoms with Crippen molar-refractivity contribution in [1.82, 2.24) is 9.80 Å². The van der Waals surface area contributed by atoms with E-state index in [0.717, 1.165) is 25.7 Å². The Labute approximate surface area is 106 Å². The van der Waals surface area contributed by atoms with E-state index >= 15 is 0 Å². The van der Waals surface area contributed by atoms with E-state index in [4.69, 9.17) is 0 Å². The zero-order valence-corrected chi connectivity index (χ0v) is 10.7. The Bertz CT molecular complexity index is 244. The van der Waals surface area contributed by atoms with Crippen LogP contribution in [0.5, 0.6) is 0 Å². The first-order chi connectivity index (χ1) is 7.97. The number of halogens is 3. The molecule has 2 fully saturated rings. The number of nitrogens with zero attached hydrogens (tertiary/aromatic N) is 2. The number of hydrogen-bond acceptors (Lipinski definition) is 3. The molecule has 1 aliphatic heterocycles. The molecule has 17 heavy (non-hydrogen) atoms. The SMILES string of the molecule is FC(F)(F)N1CCN([C@H]2CC[C@H](S)CC2)CC1. The van der Waals surface area contributed by atoms with Gasteiger partial charge in [-0.15, -0.1) is 0 Å². The van der Waals surface area contributed by atoms with Crippen LogP contribution in [0.25, 0.3) is 0 Å². The molecule has 0 aromatic heterocycles. The second kappa shape index (κ2) is 5.36. The zero-order chi connectivity index (χ0) is 12.5. The summed E-state index contributed by atoms with van der Waals surface area (Å²) < 4.78 is 37.4. The quantitative estimate of drug-likeness (QED) is 0.576. The fourth-order valence-electron chi connectivity index (χ4n) is 2.76. The maximum Gasteiger partial charge on any atom is 0.460 e. The standard InChI is InChI=1S/C11H19F3N2S/c12-11(13,14)16-7-5-15(6-8-16)9-1-3-10(17)4-2-9/h9-10,17H,1-8H2/t9-,10-. The third-order valence-electron chi connectivity index (χ3n) is 3.86. The van der Waals surface area contributed by atoms with E-state index in [1.807, 2.05) is 0 Å². The minimum absolute atomic E-state index is 0.115. The Morgan fingerprint density at radius 1 is 0.882 bits per heavy atom. The van der Waals surface area contributed by atoms with Crippen molar-refractivity contribution >= 4 is 12.6 Å². The van der Waals surface area contributed by atoms with Crippen molar-refractivity contribution < 1.29 is 13.2 Å². The van der Waals surface area contributed by atoms with Crippen LogP contribution in [0.1, 0.15) is 25.7 Å². The van der Waals surface area contributed by atoms with Crippen LogP contribution >= 0.6 is 12.6 Å². The van der Waals surface area contributed by atoms with Crippen LogP contribution in [0.2, 0.25) is 0 Å². The number of thiol groups is 1. The van der Waals surface area contributed by atoms with Gasteiger partial charge < -0.3 is 0 Å². The van der Waals surface area contributed by atoms with Gasteiger partial charge in [-0.05, 0) is 25.7 Å². The molecule has 0 bridgehead atoms. The minimum atomic E-state index is -4.16. The summed E-state index contributed by atoms with van der Waals surface area (Å²) in [6, 6.07) is 0.480. The second-order valence-electron chi connectivity index (χ2n) is 4.95. The summed E-state index contributed by atoms with van der Waals surface area (Å²) in [4.78, 5) is 2.84. The van der Waals surface area contributed by atoms with Crippen LogP contribution in [0.3, 0.4) is 0 Å². The summed E-state index contributed by atoms with van der Waals surface area (Å²) in [5, 5.41) is 0.489. The van der Waals surface area contributed by atoms with Crippen LogP contribution < -0.4 is 0 Å². The Kier molecular flexibility index (Phi) is 4.26. The van der Waals surface area contributed by atoms with Gasteiger partial charge >= 0.3 is 6.30 Å². The Hall–Kier alpha value is 0.0600. The largest absolute Gasteiger partial charge is 0.460 e. The first kappa shape index (κ1) is 13.5. The average Bonchev–Trinajstić information content (AvgIpc) is 2.29. The van der Waals surface area contributed by atoms with Gasteiger partial charge in [-0.1, -0.05) is 0 Å². The normalized spacial score (nSPS) is 33.9. The molecular weight excluding hydrogens is 249 g/mol. The lowest BCUT2D eigenvalue weighted by molar-refractivity contribution is -0.253. The number of alkyl halides is 3. The summed E-state index contributed by atoms with van der Waals surface area (Å²) in [6.45, 7) is 1.32. The van der Waals surface area contributed by atoms with Gasteiger partial charge in [0, 0.05) is 37.5 Å². The molecule has 0 aromatic carbocycles. The molecule has 100 valence electrons. The maximum absolute atomic E-state index is 12.5. The highest BCUT2D eigenvalue weighted by Crippen LogP contribution is 2.28. The highest BCUT2D eigenvalue weighted by Gasteiger charge is 2.39. The van der Waals surface area contributed by atoms with E-state index in [0.29, 0.717) is 29.3 Å². The molecule has 0 radical (unpaired) electrons.